The largest absolute Gasteiger partial charge is 0.458 e. The molecule has 0 fully saturated rings. The van der Waals surface area contributed by atoms with Crippen LogP contribution in [0.5, 0.6) is 5.75 Å². The van der Waals surface area contributed by atoms with Gasteiger partial charge in [0.15, 0.2) is 0 Å². The van der Waals surface area contributed by atoms with Crippen LogP contribution in [-0.4, -0.2) is 53.4 Å². The first-order chi connectivity index (χ1) is 14.8. The molecule has 1 aromatic carbocycles. The second kappa shape index (κ2) is 12.3. The van der Waals surface area contributed by atoms with E-state index in [1.165, 1.54) is 17.1 Å². The molecule has 4 N–H and O–H groups in total. The third kappa shape index (κ3) is 7.84. The Bertz CT molecular complexity index is 854. The number of halogens is 1. The zero-order chi connectivity index (χ0) is 22.8. The lowest BCUT2D eigenvalue weighted by Crippen LogP contribution is -2.49. The molecule has 0 unspecified atom stereocenters. The van der Waals surface area contributed by atoms with Gasteiger partial charge in [-0.2, -0.15) is 0 Å². The highest BCUT2D eigenvalue weighted by Gasteiger charge is 2.35. The van der Waals surface area contributed by atoms with Crippen LogP contribution in [0.15, 0.2) is 52.8 Å². The summed E-state index contributed by atoms with van der Waals surface area (Å²) in [7, 11) is 0. The Morgan fingerprint density at radius 1 is 1.39 bits per heavy atom. The summed E-state index contributed by atoms with van der Waals surface area (Å²) >= 11 is 3.42. The van der Waals surface area contributed by atoms with Gasteiger partial charge in [-0.25, -0.2) is 0 Å². The summed E-state index contributed by atoms with van der Waals surface area (Å²) in [6.07, 6.45) is 5.42. The average Bonchev–Trinajstić information content (AvgIpc) is 3.07. The number of benzene rings is 1. The molecule has 1 aromatic rings. The van der Waals surface area contributed by atoms with Gasteiger partial charge in [0.2, 0.25) is 5.91 Å². The average molecular weight is 493 g/mol. The molecule has 2 amide bonds. The summed E-state index contributed by atoms with van der Waals surface area (Å²) in [5, 5.41) is 22.2. The lowest BCUT2D eigenvalue weighted by molar-refractivity contribution is -0.135. The Morgan fingerprint density at radius 3 is 2.81 bits per heavy atom. The third-order valence-corrected chi connectivity index (χ3v) is 5.11. The van der Waals surface area contributed by atoms with E-state index in [4.69, 9.17) is 15.3 Å². The van der Waals surface area contributed by atoms with Crippen LogP contribution in [0.25, 0.3) is 0 Å². The first-order valence-electron chi connectivity index (χ1n) is 10.2. The molecule has 0 spiro atoms. The third-order valence-electron chi connectivity index (χ3n) is 4.45. The first-order valence-corrected chi connectivity index (χ1v) is 10.9. The van der Waals surface area contributed by atoms with E-state index in [0.717, 1.165) is 4.47 Å². The number of hydrogen-bond acceptors (Lipinski definition) is 6. The van der Waals surface area contributed by atoms with E-state index < -0.39 is 11.9 Å². The van der Waals surface area contributed by atoms with Gasteiger partial charge >= 0.3 is 0 Å². The van der Waals surface area contributed by atoms with Crippen LogP contribution in [0.3, 0.4) is 0 Å². The Labute approximate surface area is 191 Å². The van der Waals surface area contributed by atoms with Gasteiger partial charge in [0.25, 0.3) is 5.91 Å². The number of amides is 2. The predicted octanol–water partition coefficient (Wildman–Crippen LogP) is 2.55. The number of hydrogen-bond donors (Lipinski definition) is 4. The molecular weight excluding hydrogens is 464 g/mol. The van der Waals surface area contributed by atoms with Crippen LogP contribution in [0, 0.1) is 11.3 Å². The number of aliphatic hydroxyl groups excluding tert-OH is 1. The molecule has 0 aromatic heterocycles. The number of ether oxygens (including phenoxy) is 1. The maximum atomic E-state index is 12.9. The van der Waals surface area contributed by atoms with Crippen molar-refractivity contribution in [2.45, 2.75) is 32.7 Å². The molecule has 1 heterocycles. The van der Waals surface area contributed by atoms with Crippen LogP contribution in [-0.2, 0) is 9.59 Å². The highest BCUT2D eigenvalue weighted by atomic mass is 79.9. The second-order valence-electron chi connectivity index (χ2n) is 7.52. The van der Waals surface area contributed by atoms with Crippen molar-refractivity contribution < 1.29 is 19.4 Å². The molecular formula is C22H29BrN4O4. The van der Waals surface area contributed by atoms with E-state index in [1.54, 1.807) is 12.3 Å². The number of amidine groups is 1. The molecule has 8 nitrogen and oxygen atoms in total. The minimum absolute atomic E-state index is 0.0801. The van der Waals surface area contributed by atoms with E-state index in [1.807, 2.05) is 32.0 Å². The van der Waals surface area contributed by atoms with Crippen molar-refractivity contribution in [1.82, 2.24) is 15.5 Å². The number of nitrogens with zero attached hydrogens (tertiary/aromatic N) is 1. The molecule has 9 heteroatoms. The van der Waals surface area contributed by atoms with E-state index >= 15 is 0 Å². The fourth-order valence-corrected chi connectivity index (χ4v) is 3.36. The van der Waals surface area contributed by atoms with Crippen LogP contribution in [0.4, 0.5) is 0 Å². The zero-order valence-electron chi connectivity index (χ0n) is 17.7. The maximum Gasteiger partial charge on any atom is 0.251 e. The summed E-state index contributed by atoms with van der Waals surface area (Å²) in [5.74, 6) is 0.426. The molecule has 0 radical (unpaired) electrons. The quantitative estimate of drug-likeness (QED) is 0.215. The zero-order valence-corrected chi connectivity index (χ0v) is 19.3. The topological polar surface area (TPSA) is 115 Å². The number of carbonyl (C=O) groups is 2. The van der Waals surface area contributed by atoms with Crippen molar-refractivity contribution in [3.63, 3.8) is 0 Å². The Balaban J connectivity index is 2.01. The summed E-state index contributed by atoms with van der Waals surface area (Å²) in [4.78, 5) is 27.0. The monoisotopic (exact) mass is 492 g/mol. The molecule has 1 aliphatic rings. The SMILES string of the molecule is CC(C)C[C@@H](C(=O)NC(=N)/C=C\NCCCO)N1CC(Oc2ccccc2Br)=CC1=O. The standard InChI is InChI=1S/C22H29BrN4O4/c1-15(2)12-18(22(30)26-20(24)8-10-25-9-5-11-28)27-14-16(13-21(27)29)31-19-7-4-3-6-17(19)23/h3-4,6-8,10,13,15,18,25,28H,5,9,11-12,14H2,1-2H3,(H2,24,26,30)/b10-8-/t18-/m0/s1. The van der Waals surface area contributed by atoms with Crippen molar-refractivity contribution in [2.24, 2.45) is 5.92 Å². The lowest BCUT2D eigenvalue weighted by atomic mass is 10.0. The molecule has 0 bridgehead atoms. The first kappa shape index (κ1) is 24.6. The van der Waals surface area contributed by atoms with Crippen LogP contribution in [0.1, 0.15) is 26.7 Å². The van der Waals surface area contributed by atoms with Gasteiger partial charge in [-0.15, -0.1) is 0 Å². The second-order valence-corrected chi connectivity index (χ2v) is 8.38. The molecule has 31 heavy (non-hydrogen) atoms. The highest BCUT2D eigenvalue weighted by molar-refractivity contribution is 9.10. The van der Waals surface area contributed by atoms with E-state index in [2.05, 4.69) is 26.6 Å². The fraction of sp³-hybridized carbons (Fsp3) is 0.409. The number of rotatable bonds is 11. The Kier molecular flexibility index (Phi) is 9.74. The van der Waals surface area contributed by atoms with Crippen molar-refractivity contribution >= 4 is 33.6 Å². The minimum atomic E-state index is -0.722. The smallest absolute Gasteiger partial charge is 0.251 e. The predicted molar refractivity (Wildman–Crippen MR) is 123 cm³/mol. The van der Waals surface area contributed by atoms with Gasteiger partial charge in [0, 0.05) is 25.4 Å². The summed E-state index contributed by atoms with van der Waals surface area (Å²) in [5.41, 5.74) is 0. The van der Waals surface area contributed by atoms with Gasteiger partial charge in [-0.1, -0.05) is 26.0 Å². The summed E-state index contributed by atoms with van der Waals surface area (Å²) in [6.45, 7) is 4.78. The highest BCUT2D eigenvalue weighted by Crippen LogP contribution is 2.28. The van der Waals surface area contributed by atoms with Crippen LogP contribution in [0.2, 0.25) is 0 Å². The number of nitrogens with one attached hydrogen (secondary N) is 3. The van der Waals surface area contributed by atoms with Crippen LogP contribution < -0.4 is 15.4 Å². The van der Waals surface area contributed by atoms with Crippen molar-refractivity contribution in [1.29, 1.82) is 5.41 Å². The van der Waals surface area contributed by atoms with Crippen molar-refractivity contribution in [3.8, 4) is 5.75 Å². The van der Waals surface area contributed by atoms with E-state index in [0.29, 0.717) is 30.9 Å². The molecule has 0 saturated carbocycles. The van der Waals surface area contributed by atoms with Crippen LogP contribution >= 0.6 is 15.9 Å². The summed E-state index contributed by atoms with van der Waals surface area (Å²) in [6, 6.07) is 6.62. The number of aliphatic hydroxyl groups is 1. The van der Waals surface area contributed by atoms with Gasteiger partial charge in [0.1, 0.15) is 23.4 Å². The fourth-order valence-electron chi connectivity index (χ4n) is 2.99. The molecule has 0 saturated heterocycles. The maximum absolute atomic E-state index is 12.9. The van der Waals surface area contributed by atoms with Crippen molar-refractivity contribution in [2.75, 3.05) is 19.7 Å². The Morgan fingerprint density at radius 2 is 2.13 bits per heavy atom. The van der Waals surface area contributed by atoms with Crippen molar-refractivity contribution in [3.05, 3.63) is 52.8 Å². The summed E-state index contributed by atoms with van der Waals surface area (Å²) < 4.78 is 6.62. The normalized spacial score (nSPS) is 14.7. The van der Waals surface area contributed by atoms with Gasteiger partial charge in [0.05, 0.1) is 11.0 Å². The molecule has 1 atom stereocenters. The Hall–Kier alpha value is -2.65. The van der Waals surface area contributed by atoms with E-state index in [9.17, 15) is 9.59 Å². The van der Waals surface area contributed by atoms with E-state index in [-0.39, 0.29) is 30.8 Å². The molecule has 0 aliphatic carbocycles. The molecule has 2 rings (SSSR count). The number of para-hydroxylation sites is 1. The van der Waals surface area contributed by atoms with Gasteiger partial charge in [-0.3, -0.25) is 15.0 Å². The van der Waals surface area contributed by atoms with Gasteiger partial charge < -0.3 is 25.4 Å². The lowest BCUT2D eigenvalue weighted by Gasteiger charge is -2.28. The molecule has 1 aliphatic heterocycles. The molecule has 168 valence electrons. The number of carbonyl (C=O) groups excluding carboxylic acids is 2. The van der Waals surface area contributed by atoms with Gasteiger partial charge in [-0.05, 0) is 52.9 Å². The minimum Gasteiger partial charge on any atom is -0.458 e.